The third kappa shape index (κ3) is 4.92. The average molecular weight is 488 g/mol. The van der Waals surface area contributed by atoms with Crippen LogP contribution >= 0.6 is 0 Å². The normalized spacial score (nSPS) is 18.8. The first kappa shape index (κ1) is 24.2. The molecule has 2 aromatic carbocycles. The molecular formula is C29H33N3O4. The third-order valence-electron chi connectivity index (χ3n) is 7.73. The molecule has 5 rings (SSSR count). The summed E-state index contributed by atoms with van der Waals surface area (Å²) in [6, 6.07) is 14.5. The highest BCUT2D eigenvalue weighted by molar-refractivity contribution is 6.22. The number of hydrogen-bond acceptors (Lipinski definition) is 4. The van der Waals surface area contributed by atoms with Crippen molar-refractivity contribution in [2.45, 2.75) is 44.9 Å². The van der Waals surface area contributed by atoms with Crippen molar-refractivity contribution in [2.75, 3.05) is 32.7 Å². The third-order valence-corrected chi connectivity index (χ3v) is 7.73. The molecule has 0 bridgehead atoms. The van der Waals surface area contributed by atoms with Gasteiger partial charge in [0.25, 0.3) is 17.7 Å². The summed E-state index contributed by atoms with van der Waals surface area (Å²) in [6.45, 7) is 3.05. The van der Waals surface area contributed by atoms with Gasteiger partial charge in [0.2, 0.25) is 5.91 Å². The fourth-order valence-corrected chi connectivity index (χ4v) is 5.57. The van der Waals surface area contributed by atoms with E-state index in [-0.39, 0.29) is 29.5 Å². The molecule has 0 aliphatic carbocycles. The quantitative estimate of drug-likeness (QED) is 0.602. The van der Waals surface area contributed by atoms with Crippen molar-refractivity contribution in [3.8, 4) is 0 Å². The summed E-state index contributed by atoms with van der Waals surface area (Å²) in [4.78, 5) is 57.1. The van der Waals surface area contributed by atoms with Crippen LogP contribution in [-0.4, -0.2) is 71.1 Å². The van der Waals surface area contributed by atoms with E-state index in [9.17, 15) is 19.2 Å². The highest BCUT2D eigenvalue weighted by Gasteiger charge is 2.36. The van der Waals surface area contributed by atoms with Crippen molar-refractivity contribution < 1.29 is 19.2 Å². The van der Waals surface area contributed by atoms with E-state index in [0.717, 1.165) is 31.5 Å². The Balaban J connectivity index is 1.20. The van der Waals surface area contributed by atoms with Gasteiger partial charge in [0, 0.05) is 44.2 Å². The molecular weight excluding hydrogens is 454 g/mol. The Morgan fingerprint density at radius 3 is 2.11 bits per heavy atom. The maximum atomic E-state index is 13.2. The van der Waals surface area contributed by atoms with Crippen LogP contribution in [0.4, 0.5) is 0 Å². The van der Waals surface area contributed by atoms with E-state index >= 15 is 0 Å². The zero-order valence-electron chi connectivity index (χ0n) is 20.7. The Kier molecular flexibility index (Phi) is 7.16. The fourth-order valence-electron chi connectivity index (χ4n) is 5.57. The van der Waals surface area contributed by atoms with Gasteiger partial charge in [0.1, 0.15) is 0 Å². The Labute approximate surface area is 212 Å². The van der Waals surface area contributed by atoms with E-state index in [1.165, 1.54) is 17.7 Å². The minimum atomic E-state index is -0.345. The Morgan fingerprint density at radius 1 is 0.750 bits per heavy atom. The molecule has 0 spiro atoms. The average Bonchev–Trinajstić information content (AvgIpc) is 3.10. The van der Waals surface area contributed by atoms with Gasteiger partial charge in [-0.3, -0.25) is 24.1 Å². The zero-order valence-corrected chi connectivity index (χ0v) is 20.7. The fraction of sp³-hybridized carbons (Fsp3) is 0.448. The van der Waals surface area contributed by atoms with Crippen molar-refractivity contribution in [1.29, 1.82) is 0 Å². The number of carbonyl (C=O) groups is 4. The molecule has 188 valence electrons. The zero-order chi connectivity index (χ0) is 25.1. The summed E-state index contributed by atoms with van der Waals surface area (Å²) in [5, 5.41) is 0. The maximum Gasteiger partial charge on any atom is 0.261 e. The number of likely N-dealkylation sites (tertiary alicyclic amines) is 2. The molecule has 0 radical (unpaired) electrons. The topological polar surface area (TPSA) is 78.0 Å². The van der Waals surface area contributed by atoms with E-state index in [2.05, 4.69) is 0 Å². The minimum absolute atomic E-state index is 0.0236. The van der Waals surface area contributed by atoms with Crippen molar-refractivity contribution in [2.24, 2.45) is 5.92 Å². The van der Waals surface area contributed by atoms with Gasteiger partial charge < -0.3 is 9.80 Å². The highest BCUT2D eigenvalue weighted by Crippen LogP contribution is 2.27. The molecule has 0 saturated carbocycles. The molecule has 7 nitrogen and oxygen atoms in total. The molecule has 3 aliphatic rings. The van der Waals surface area contributed by atoms with E-state index in [1.54, 1.807) is 23.1 Å². The molecule has 3 heterocycles. The molecule has 2 fully saturated rings. The van der Waals surface area contributed by atoms with Gasteiger partial charge in [-0.2, -0.15) is 0 Å². The van der Waals surface area contributed by atoms with Crippen LogP contribution < -0.4 is 0 Å². The molecule has 2 aromatic rings. The predicted molar refractivity (Wildman–Crippen MR) is 136 cm³/mol. The summed E-state index contributed by atoms with van der Waals surface area (Å²) in [5.41, 5.74) is 2.12. The molecule has 3 aliphatic heterocycles. The van der Waals surface area contributed by atoms with Gasteiger partial charge in [-0.15, -0.1) is 0 Å². The standard InChI is InChI=1S/C29H33N3O4/c33-26(30-15-6-1-2-7-16-30)22-13-17-31(18-14-22)27(34)23-10-11-24-25(20-23)29(36)32(28(24)35)19-12-21-8-4-3-5-9-21/h3-5,8-11,20,22H,1-2,6-7,12-19H2. The van der Waals surface area contributed by atoms with Gasteiger partial charge in [-0.25, -0.2) is 0 Å². The number of carbonyl (C=O) groups excluding carboxylic acids is 4. The lowest BCUT2D eigenvalue weighted by molar-refractivity contribution is -0.136. The Hall–Kier alpha value is -3.48. The van der Waals surface area contributed by atoms with Crippen molar-refractivity contribution in [3.05, 3.63) is 70.8 Å². The van der Waals surface area contributed by atoms with Crippen molar-refractivity contribution in [1.82, 2.24) is 14.7 Å². The van der Waals surface area contributed by atoms with Gasteiger partial charge in [-0.05, 0) is 55.9 Å². The van der Waals surface area contributed by atoms with E-state index in [1.807, 2.05) is 35.2 Å². The number of amides is 4. The molecule has 2 saturated heterocycles. The highest BCUT2D eigenvalue weighted by atomic mass is 16.2. The second-order valence-electron chi connectivity index (χ2n) is 10.1. The van der Waals surface area contributed by atoms with Crippen molar-refractivity contribution >= 4 is 23.6 Å². The molecule has 0 aromatic heterocycles. The SMILES string of the molecule is O=C(c1ccc2c(c1)C(=O)N(CCc1ccccc1)C2=O)N1CCC(C(=O)N2CCCCCC2)CC1. The number of benzene rings is 2. The number of imide groups is 1. The summed E-state index contributed by atoms with van der Waals surface area (Å²) in [6.07, 6.45) is 6.45. The van der Waals surface area contributed by atoms with Gasteiger partial charge in [0.15, 0.2) is 0 Å². The van der Waals surface area contributed by atoms with Crippen LogP contribution in [0.15, 0.2) is 48.5 Å². The van der Waals surface area contributed by atoms with Crippen molar-refractivity contribution in [3.63, 3.8) is 0 Å². The molecule has 7 heteroatoms. The second kappa shape index (κ2) is 10.6. The lowest BCUT2D eigenvalue weighted by atomic mass is 9.94. The number of hydrogen-bond donors (Lipinski definition) is 0. The van der Waals surface area contributed by atoms with Crippen LogP contribution in [0.1, 0.15) is 75.2 Å². The molecule has 0 atom stereocenters. The maximum absolute atomic E-state index is 13.2. The predicted octanol–water partition coefficient (Wildman–Crippen LogP) is 3.78. The lowest BCUT2D eigenvalue weighted by Gasteiger charge is -2.34. The molecule has 0 unspecified atom stereocenters. The van der Waals surface area contributed by atoms with Gasteiger partial charge in [-0.1, -0.05) is 43.2 Å². The van der Waals surface area contributed by atoms with Crippen LogP contribution in [0.3, 0.4) is 0 Å². The van der Waals surface area contributed by atoms with Crippen LogP contribution in [0.5, 0.6) is 0 Å². The van der Waals surface area contributed by atoms with Gasteiger partial charge >= 0.3 is 0 Å². The van der Waals surface area contributed by atoms with Crippen LogP contribution in [0.2, 0.25) is 0 Å². The second-order valence-corrected chi connectivity index (χ2v) is 10.1. The largest absolute Gasteiger partial charge is 0.342 e. The molecule has 36 heavy (non-hydrogen) atoms. The number of fused-ring (bicyclic) bond motifs is 1. The molecule has 4 amide bonds. The summed E-state index contributed by atoms with van der Waals surface area (Å²) >= 11 is 0. The Bertz CT molecular complexity index is 1150. The van der Waals surface area contributed by atoms with E-state index < -0.39 is 0 Å². The minimum Gasteiger partial charge on any atom is -0.342 e. The summed E-state index contributed by atoms with van der Waals surface area (Å²) in [7, 11) is 0. The number of rotatable bonds is 5. The molecule has 0 N–H and O–H groups in total. The van der Waals surface area contributed by atoms with E-state index in [4.69, 9.17) is 0 Å². The first-order valence-electron chi connectivity index (χ1n) is 13.1. The lowest BCUT2D eigenvalue weighted by Crippen LogP contribution is -2.44. The van der Waals surface area contributed by atoms with Crippen LogP contribution in [-0.2, 0) is 11.2 Å². The van der Waals surface area contributed by atoms with Gasteiger partial charge in [0.05, 0.1) is 11.1 Å². The number of nitrogens with zero attached hydrogens (tertiary/aromatic N) is 3. The first-order chi connectivity index (χ1) is 17.5. The summed E-state index contributed by atoms with van der Waals surface area (Å²) < 4.78 is 0. The monoisotopic (exact) mass is 487 g/mol. The summed E-state index contributed by atoms with van der Waals surface area (Å²) in [5.74, 6) is -0.590. The number of piperidine rings is 1. The first-order valence-corrected chi connectivity index (χ1v) is 13.1. The smallest absolute Gasteiger partial charge is 0.261 e. The van der Waals surface area contributed by atoms with E-state index in [0.29, 0.717) is 55.6 Å². The Morgan fingerprint density at radius 2 is 1.42 bits per heavy atom. The van der Waals surface area contributed by atoms with Crippen LogP contribution in [0.25, 0.3) is 0 Å². The van der Waals surface area contributed by atoms with Crippen LogP contribution in [0, 0.1) is 5.92 Å².